The van der Waals surface area contributed by atoms with E-state index in [0.717, 1.165) is 0 Å². The van der Waals surface area contributed by atoms with E-state index in [0.29, 0.717) is 12.8 Å². The average molecular weight is 199 g/mol. The smallest absolute Gasteiger partial charge is 0.238 e. The van der Waals surface area contributed by atoms with E-state index in [9.17, 15) is 8.42 Å². The van der Waals surface area contributed by atoms with Crippen LogP contribution in [0.3, 0.4) is 0 Å². The lowest BCUT2D eigenvalue weighted by atomic mass is 10.1. The van der Waals surface area contributed by atoms with Gasteiger partial charge in [-0.05, 0) is 18.8 Å². The molecule has 1 aliphatic rings. The predicted octanol–water partition coefficient (Wildman–Crippen LogP) is 0.716. The molecule has 1 saturated carbocycles. The van der Waals surface area contributed by atoms with E-state index in [1.54, 1.807) is 6.92 Å². The third-order valence-electron chi connectivity index (χ3n) is 2.40. The average Bonchev–Trinajstić information content (AvgIpc) is 2.63. The maximum atomic E-state index is 11.0. The van der Waals surface area contributed by atoms with Crippen LogP contribution in [0.5, 0.6) is 0 Å². The highest BCUT2D eigenvalue weighted by Crippen LogP contribution is 2.51. The second-order valence-electron chi connectivity index (χ2n) is 3.09. The Bertz CT molecular complexity index is 243. The molecule has 0 aromatic carbocycles. The Balaban J connectivity index is 2.85. The Morgan fingerprint density at radius 3 is 2.18 bits per heavy atom. The van der Waals surface area contributed by atoms with Crippen molar-refractivity contribution in [2.24, 2.45) is 5.92 Å². The maximum absolute atomic E-state index is 11.0. The van der Waals surface area contributed by atoms with Crippen molar-refractivity contribution < 1.29 is 13.5 Å². The SMILES string of the molecule is CC(CO)C1(S(=O)(=O)Cl)CC1. The summed E-state index contributed by atoms with van der Waals surface area (Å²) in [7, 11) is 1.73. The second-order valence-corrected chi connectivity index (χ2v) is 5.99. The van der Waals surface area contributed by atoms with Crippen molar-refractivity contribution in [3.63, 3.8) is 0 Å². The fourth-order valence-corrected chi connectivity index (χ4v) is 3.33. The molecule has 1 fully saturated rings. The first-order valence-corrected chi connectivity index (χ1v) is 5.80. The number of halogens is 1. The van der Waals surface area contributed by atoms with Crippen molar-refractivity contribution in [3.05, 3.63) is 0 Å². The summed E-state index contributed by atoms with van der Waals surface area (Å²) in [6.45, 7) is 1.58. The van der Waals surface area contributed by atoms with Crippen LogP contribution in [-0.4, -0.2) is 24.9 Å². The standard InChI is InChI=1S/C6H11ClO3S/c1-5(4-8)6(2-3-6)11(7,9)10/h5,8H,2-4H2,1H3. The predicted molar refractivity (Wildman–Crippen MR) is 43.0 cm³/mol. The molecule has 0 aromatic heterocycles. The number of hydrogen-bond donors (Lipinski definition) is 1. The van der Waals surface area contributed by atoms with Crippen LogP contribution in [0.4, 0.5) is 0 Å². The van der Waals surface area contributed by atoms with Gasteiger partial charge >= 0.3 is 0 Å². The highest BCUT2D eigenvalue weighted by molar-refractivity contribution is 8.15. The summed E-state index contributed by atoms with van der Waals surface area (Å²) < 4.78 is 21.1. The molecule has 1 N–H and O–H groups in total. The summed E-state index contributed by atoms with van der Waals surface area (Å²) in [5.74, 6) is -0.245. The Hall–Kier alpha value is 0.200. The highest BCUT2D eigenvalue weighted by atomic mass is 35.7. The third kappa shape index (κ3) is 1.39. The zero-order valence-electron chi connectivity index (χ0n) is 6.25. The molecule has 0 spiro atoms. The van der Waals surface area contributed by atoms with E-state index >= 15 is 0 Å². The lowest BCUT2D eigenvalue weighted by Gasteiger charge is -2.16. The zero-order chi connectivity index (χ0) is 8.70. The van der Waals surface area contributed by atoms with Gasteiger partial charge in [0.25, 0.3) is 0 Å². The van der Waals surface area contributed by atoms with Crippen LogP contribution in [0, 0.1) is 5.92 Å². The molecule has 1 atom stereocenters. The molecule has 66 valence electrons. The molecule has 0 heterocycles. The monoisotopic (exact) mass is 198 g/mol. The molecular formula is C6H11ClO3S. The van der Waals surface area contributed by atoms with Gasteiger partial charge in [-0.25, -0.2) is 8.42 Å². The fraction of sp³-hybridized carbons (Fsp3) is 1.00. The van der Waals surface area contributed by atoms with Gasteiger partial charge < -0.3 is 5.11 Å². The first-order chi connectivity index (χ1) is 4.94. The Morgan fingerprint density at radius 1 is 1.64 bits per heavy atom. The minimum Gasteiger partial charge on any atom is -0.396 e. The first-order valence-electron chi connectivity index (χ1n) is 3.49. The van der Waals surface area contributed by atoms with Gasteiger partial charge in [-0.1, -0.05) is 6.92 Å². The highest BCUT2D eigenvalue weighted by Gasteiger charge is 2.57. The van der Waals surface area contributed by atoms with E-state index in [1.165, 1.54) is 0 Å². The summed E-state index contributed by atoms with van der Waals surface area (Å²) in [6, 6.07) is 0. The topological polar surface area (TPSA) is 54.4 Å². The van der Waals surface area contributed by atoms with E-state index in [4.69, 9.17) is 15.8 Å². The molecular weight excluding hydrogens is 188 g/mol. The summed E-state index contributed by atoms with van der Waals surface area (Å²) >= 11 is 0. The molecule has 0 radical (unpaired) electrons. The minimum absolute atomic E-state index is 0.119. The van der Waals surface area contributed by atoms with Crippen molar-refractivity contribution in [1.29, 1.82) is 0 Å². The van der Waals surface area contributed by atoms with Crippen molar-refractivity contribution >= 4 is 19.7 Å². The molecule has 5 heteroatoms. The van der Waals surface area contributed by atoms with Crippen LogP contribution in [0.2, 0.25) is 0 Å². The Labute approximate surface area is 70.8 Å². The van der Waals surface area contributed by atoms with Crippen molar-refractivity contribution in [2.45, 2.75) is 24.5 Å². The summed E-state index contributed by atoms with van der Waals surface area (Å²) in [5, 5.41) is 8.75. The van der Waals surface area contributed by atoms with Gasteiger partial charge in [0.05, 0.1) is 4.75 Å². The molecule has 0 amide bonds. The van der Waals surface area contributed by atoms with E-state index in [-0.39, 0.29) is 12.5 Å². The lowest BCUT2D eigenvalue weighted by molar-refractivity contribution is 0.228. The van der Waals surface area contributed by atoms with Gasteiger partial charge in [0.2, 0.25) is 9.05 Å². The molecule has 0 bridgehead atoms. The van der Waals surface area contributed by atoms with Crippen molar-refractivity contribution in [1.82, 2.24) is 0 Å². The molecule has 1 aliphatic carbocycles. The molecule has 1 rings (SSSR count). The quantitative estimate of drug-likeness (QED) is 0.680. The number of rotatable bonds is 3. The van der Waals surface area contributed by atoms with Crippen molar-refractivity contribution in [3.8, 4) is 0 Å². The largest absolute Gasteiger partial charge is 0.396 e. The molecule has 0 aromatic rings. The van der Waals surface area contributed by atoms with E-state index in [1.807, 2.05) is 0 Å². The van der Waals surface area contributed by atoms with Crippen LogP contribution in [0.15, 0.2) is 0 Å². The van der Waals surface area contributed by atoms with Crippen LogP contribution in [0.25, 0.3) is 0 Å². The van der Waals surface area contributed by atoms with Gasteiger partial charge in [0.1, 0.15) is 0 Å². The molecule has 0 saturated heterocycles. The van der Waals surface area contributed by atoms with Crippen LogP contribution >= 0.6 is 10.7 Å². The molecule has 11 heavy (non-hydrogen) atoms. The first kappa shape index (κ1) is 9.29. The van der Waals surface area contributed by atoms with Gasteiger partial charge in [-0.15, -0.1) is 0 Å². The molecule has 1 unspecified atom stereocenters. The Kier molecular flexibility index (Phi) is 2.20. The number of aliphatic hydroxyl groups is 1. The maximum Gasteiger partial charge on any atom is 0.238 e. The van der Waals surface area contributed by atoms with Gasteiger partial charge in [-0.2, -0.15) is 0 Å². The summed E-state index contributed by atoms with van der Waals surface area (Å²) in [4.78, 5) is 0. The minimum atomic E-state index is -3.49. The lowest BCUT2D eigenvalue weighted by Crippen LogP contribution is -2.29. The molecule has 3 nitrogen and oxygen atoms in total. The number of aliphatic hydroxyl groups excluding tert-OH is 1. The summed E-state index contributed by atoms with van der Waals surface area (Å²) in [5.41, 5.74) is 0. The van der Waals surface area contributed by atoms with E-state index < -0.39 is 13.8 Å². The number of hydrogen-bond acceptors (Lipinski definition) is 3. The fourth-order valence-electron chi connectivity index (χ4n) is 1.27. The Morgan fingerprint density at radius 2 is 2.09 bits per heavy atom. The second kappa shape index (κ2) is 2.61. The van der Waals surface area contributed by atoms with Crippen LogP contribution in [-0.2, 0) is 9.05 Å². The normalized spacial score (nSPS) is 24.6. The summed E-state index contributed by atoms with van der Waals surface area (Å²) in [6.07, 6.45) is 1.17. The van der Waals surface area contributed by atoms with Gasteiger partial charge in [0, 0.05) is 17.3 Å². The third-order valence-corrected chi connectivity index (χ3v) is 5.10. The molecule has 0 aliphatic heterocycles. The van der Waals surface area contributed by atoms with Gasteiger partial charge in [-0.3, -0.25) is 0 Å². The van der Waals surface area contributed by atoms with Gasteiger partial charge in [0.15, 0.2) is 0 Å². The van der Waals surface area contributed by atoms with E-state index in [2.05, 4.69) is 0 Å². The zero-order valence-corrected chi connectivity index (χ0v) is 7.82. The van der Waals surface area contributed by atoms with Crippen molar-refractivity contribution in [2.75, 3.05) is 6.61 Å². The van der Waals surface area contributed by atoms with Crippen LogP contribution in [0.1, 0.15) is 19.8 Å². The van der Waals surface area contributed by atoms with Crippen LogP contribution < -0.4 is 0 Å².